The highest BCUT2D eigenvalue weighted by Crippen LogP contribution is 2.31. The zero-order valence-corrected chi connectivity index (χ0v) is 20.1. The molecule has 1 atom stereocenters. The number of carbonyl (C=O) groups is 2. The topological polar surface area (TPSA) is 140 Å². The molecule has 0 aliphatic carbocycles. The highest BCUT2D eigenvalue weighted by Gasteiger charge is 2.24. The van der Waals surface area contributed by atoms with E-state index in [4.69, 9.17) is 5.73 Å². The summed E-state index contributed by atoms with van der Waals surface area (Å²) in [6.45, 7) is 3.55. The van der Waals surface area contributed by atoms with Crippen molar-refractivity contribution in [1.82, 2.24) is 24.4 Å². The largest absolute Gasteiger partial charge is 0.351 e. The number of benzene rings is 2. The lowest BCUT2D eigenvalue weighted by molar-refractivity contribution is -0.119. The van der Waals surface area contributed by atoms with Crippen LogP contribution in [-0.4, -0.2) is 58.8 Å². The molecule has 0 aliphatic heterocycles. The molecule has 0 bridgehead atoms. The Hall–Kier alpha value is -3.22. The zero-order chi connectivity index (χ0) is 24.3. The number of carbonyl (C=O) groups excluding carboxylic acids is 2. The molecule has 0 radical (unpaired) electrons. The Kier molecular flexibility index (Phi) is 7.20. The van der Waals surface area contributed by atoms with Gasteiger partial charge in [0.25, 0.3) is 0 Å². The predicted octanol–water partition coefficient (Wildman–Crippen LogP) is 2.17. The number of urea groups is 1. The Balaban J connectivity index is 2.12. The van der Waals surface area contributed by atoms with E-state index in [0.29, 0.717) is 16.5 Å². The number of hydrogen-bond acceptors (Lipinski definition) is 7. The van der Waals surface area contributed by atoms with Crippen LogP contribution in [0.15, 0.2) is 58.6 Å². The fourth-order valence-corrected chi connectivity index (χ4v) is 4.79. The number of amides is 3. The van der Waals surface area contributed by atoms with Gasteiger partial charge in [-0.05, 0) is 43.7 Å². The maximum absolute atomic E-state index is 12.6. The van der Waals surface area contributed by atoms with Crippen molar-refractivity contribution in [3.05, 3.63) is 54.1 Å². The fraction of sp³-hybridized carbons (Fsp3) is 0.238. The Labute approximate surface area is 196 Å². The van der Waals surface area contributed by atoms with Gasteiger partial charge in [0, 0.05) is 25.3 Å². The number of aryl methyl sites for hydroxylation is 1. The van der Waals surface area contributed by atoms with Gasteiger partial charge in [-0.25, -0.2) is 17.5 Å². The van der Waals surface area contributed by atoms with Gasteiger partial charge in [0.15, 0.2) is 11.0 Å². The van der Waals surface area contributed by atoms with Crippen molar-refractivity contribution in [2.24, 2.45) is 5.73 Å². The molecule has 0 spiro atoms. The first-order chi connectivity index (χ1) is 15.5. The molecule has 174 valence electrons. The first kappa shape index (κ1) is 24.4. The lowest BCUT2D eigenvalue weighted by atomic mass is 10.2. The van der Waals surface area contributed by atoms with Gasteiger partial charge in [-0.2, -0.15) is 0 Å². The molecule has 0 unspecified atom stereocenters. The molecule has 0 saturated carbocycles. The predicted molar refractivity (Wildman–Crippen MR) is 125 cm³/mol. The smallest absolute Gasteiger partial charge is 0.318 e. The van der Waals surface area contributed by atoms with Gasteiger partial charge in [-0.3, -0.25) is 14.7 Å². The summed E-state index contributed by atoms with van der Waals surface area (Å²) >= 11 is 1.09. The van der Waals surface area contributed by atoms with Crippen LogP contribution in [0.2, 0.25) is 0 Å². The molecule has 0 fully saturated rings. The van der Waals surface area contributed by atoms with Crippen molar-refractivity contribution < 1.29 is 18.0 Å². The van der Waals surface area contributed by atoms with E-state index in [1.807, 2.05) is 31.2 Å². The van der Waals surface area contributed by atoms with Gasteiger partial charge in [0.1, 0.15) is 0 Å². The van der Waals surface area contributed by atoms with Gasteiger partial charge in [-0.15, -0.1) is 10.2 Å². The van der Waals surface area contributed by atoms with Crippen molar-refractivity contribution >= 4 is 33.7 Å². The summed E-state index contributed by atoms with van der Waals surface area (Å²) in [5.41, 5.74) is 7.31. The molecule has 33 heavy (non-hydrogen) atoms. The lowest BCUT2D eigenvalue weighted by Crippen LogP contribution is -2.39. The lowest BCUT2D eigenvalue weighted by Gasteiger charge is -2.15. The molecule has 10 nitrogen and oxygen atoms in total. The van der Waals surface area contributed by atoms with Gasteiger partial charge in [0.05, 0.1) is 10.1 Å². The third-order valence-electron chi connectivity index (χ3n) is 4.66. The Morgan fingerprint density at radius 3 is 2.45 bits per heavy atom. The maximum atomic E-state index is 12.6. The van der Waals surface area contributed by atoms with Crippen molar-refractivity contribution in [2.75, 3.05) is 14.1 Å². The summed E-state index contributed by atoms with van der Waals surface area (Å²) in [5.74, 6) is -0.159. The van der Waals surface area contributed by atoms with E-state index in [1.54, 1.807) is 23.6 Å². The molecule has 1 aromatic heterocycles. The summed E-state index contributed by atoms with van der Waals surface area (Å²) in [5, 5.41) is 10.3. The number of hydrogen-bond donors (Lipinski definition) is 2. The molecule has 12 heteroatoms. The molecular formula is C21H24N6O4S2. The third kappa shape index (κ3) is 5.41. The van der Waals surface area contributed by atoms with Crippen molar-refractivity contribution in [1.29, 1.82) is 0 Å². The minimum Gasteiger partial charge on any atom is -0.351 e. The summed E-state index contributed by atoms with van der Waals surface area (Å²) in [7, 11) is -0.727. The monoisotopic (exact) mass is 488 g/mol. The van der Waals surface area contributed by atoms with Crippen molar-refractivity contribution in [3.8, 4) is 17.1 Å². The average molecular weight is 489 g/mol. The quantitative estimate of drug-likeness (QED) is 0.486. The number of nitrogens with one attached hydrogen (secondary N) is 1. The molecule has 3 amide bonds. The van der Waals surface area contributed by atoms with E-state index in [2.05, 4.69) is 15.5 Å². The van der Waals surface area contributed by atoms with Crippen LogP contribution in [-0.2, 0) is 14.8 Å². The van der Waals surface area contributed by atoms with Gasteiger partial charge in [-0.1, -0.05) is 36.0 Å². The molecule has 2 aromatic carbocycles. The Morgan fingerprint density at radius 1 is 1.12 bits per heavy atom. The van der Waals surface area contributed by atoms with Gasteiger partial charge < -0.3 is 5.73 Å². The van der Waals surface area contributed by atoms with E-state index in [9.17, 15) is 18.0 Å². The van der Waals surface area contributed by atoms with Crippen molar-refractivity contribution in [3.63, 3.8) is 0 Å². The highest BCUT2D eigenvalue weighted by molar-refractivity contribution is 8.00. The number of thioether (sulfide) groups is 1. The maximum Gasteiger partial charge on any atom is 0.318 e. The van der Waals surface area contributed by atoms with Gasteiger partial charge >= 0.3 is 6.03 Å². The number of aromatic nitrogens is 3. The minimum atomic E-state index is -3.65. The van der Waals surface area contributed by atoms with Crippen LogP contribution < -0.4 is 11.1 Å². The molecule has 3 N–H and O–H groups in total. The average Bonchev–Trinajstić information content (AvgIpc) is 3.16. The third-order valence-corrected chi connectivity index (χ3v) is 7.52. The second-order valence-electron chi connectivity index (χ2n) is 7.41. The van der Waals surface area contributed by atoms with Crippen molar-refractivity contribution in [2.45, 2.75) is 29.1 Å². The van der Waals surface area contributed by atoms with Crippen LogP contribution >= 0.6 is 11.8 Å². The standard InChI is InChI=1S/C21H24N6O4S2/c1-13-7-5-9-16(11-13)27-18(15-8-6-10-17(12-15)33(30,31)26(3)4)24-25-21(27)32-14(2)19(28)23-20(22)29/h5-12,14H,1-4H3,(H3,22,23,28,29)/t14-/m0/s1. The summed E-state index contributed by atoms with van der Waals surface area (Å²) < 4.78 is 28.1. The number of primary amides is 1. The van der Waals surface area contributed by atoms with E-state index in [1.165, 1.54) is 26.2 Å². The molecule has 3 rings (SSSR count). The molecule has 3 aromatic rings. The SMILES string of the molecule is Cc1cccc(-n2c(S[C@@H](C)C(=O)NC(N)=O)nnc2-c2cccc(S(=O)(=O)N(C)C)c2)c1. The molecule has 0 saturated heterocycles. The summed E-state index contributed by atoms with van der Waals surface area (Å²) in [6, 6.07) is 13.1. The fourth-order valence-electron chi connectivity index (χ4n) is 2.97. The molecule has 0 aliphatic rings. The first-order valence-electron chi connectivity index (χ1n) is 9.83. The summed E-state index contributed by atoms with van der Waals surface area (Å²) in [6.07, 6.45) is 0. The minimum absolute atomic E-state index is 0.118. The highest BCUT2D eigenvalue weighted by atomic mass is 32.2. The number of nitrogens with zero attached hydrogens (tertiary/aromatic N) is 4. The normalized spacial score (nSPS) is 12.5. The van der Waals surface area contributed by atoms with Crippen LogP contribution in [0.25, 0.3) is 17.1 Å². The first-order valence-corrected chi connectivity index (χ1v) is 12.1. The van der Waals surface area contributed by atoms with Crippen LogP contribution in [0.4, 0.5) is 4.79 Å². The van der Waals surface area contributed by atoms with Crippen LogP contribution in [0.5, 0.6) is 0 Å². The number of rotatable bonds is 7. The van der Waals surface area contributed by atoms with Crippen LogP contribution in [0, 0.1) is 6.92 Å². The van der Waals surface area contributed by atoms with Crippen LogP contribution in [0.1, 0.15) is 12.5 Å². The number of sulfonamides is 1. The number of imide groups is 1. The van der Waals surface area contributed by atoms with Gasteiger partial charge in [0.2, 0.25) is 15.9 Å². The molecule has 1 heterocycles. The van der Waals surface area contributed by atoms with E-state index in [-0.39, 0.29) is 4.90 Å². The second-order valence-corrected chi connectivity index (χ2v) is 10.9. The van der Waals surface area contributed by atoms with Crippen LogP contribution in [0.3, 0.4) is 0 Å². The van der Waals surface area contributed by atoms with E-state index < -0.39 is 27.2 Å². The number of nitrogens with two attached hydrogens (primary N) is 1. The zero-order valence-electron chi connectivity index (χ0n) is 18.5. The Morgan fingerprint density at radius 2 is 1.82 bits per heavy atom. The van der Waals surface area contributed by atoms with E-state index in [0.717, 1.165) is 27.3 Å². The second kappa shape index (κ2) is 9.73. The summed E-state index contributed by atoms with van der Waals surface area (Å²) in [4.78, 5) is 23.3. The van der Waals surface area contributed by atoms with E-state index >= 15 is 0 Å². The Bertz CT molecular complexity index is 1300. The molecular weight excluding hydrogens is 464 g/mol.